The van der Waals surface area contributed by atoms with Crippen LogP contribution in [-0.2, 0) is 22.6 Å². The molecule has 0 radical (unpaired) electrons. The van der Waals surface area contributed by atoms with E-state index in [1.165, 1.54) is 0 Å². The van der Waals surface area contributed by atoms with Gasteiger partial charge in [0, 0.05) is 11.8 Å². The molecule has 0 fully saturated rings. The second-order valence-electron chi connectivity index (χ2n) is 6.34. The maximum atomic E-state index is 12.3. The molecule has 1 aliphatic heterocycles. The number of fused-ring (bicyclic) bond motifs is 2. The Bertz CT molecular complexity index is 1100. The first-order chi connectivity index (χ1) is 13.6. The molecule has 0 unspecified atom stereocenters. The highest BCUT2D eigenvalue weighted by atomic mass is 35.5. The lowest BCUT2D eigenvalue weighted by Crippen LogP contribution is -2.15. The van der Waals surface area contributed by atoms with E-state index in [1.54, 1.807) is 36.4 Å². The van der Waals surface area contributed by atoms with Crippen molar-refractivity contribution in [2.75, 3.05) is 13.2 Å². The first kappa shape index (κ1) is 18.3. The summed E-state index contributed by atoms with van der Waals surface area (Å²) in [4.78, 5) is 24.1. The quantitative estimate of drug-likeness (QED) is 0.677. The third-order valence-electron chi connectivity index (χ3n) is 4.35. The van der Waals surface area contributed by atoms with Crippen LogP contribution in [0, 0.1) is 0 Å². The van der Waals surface area contributed by atoms with Crippen LogP contribution in [-0.4, -0.2) is 29.4 Å². The van der Waals surface area contributed by atoms with Crippen molar-refractivity contribution in [1.29, 1.82) is 0 Å². The summed E-state index contributed by atoms with van der Waals surface area (Å²) >= 11 is 6.26. The number of nitrogens with one attached hydrogen (secondary N) is 1. The van der Waals surface area contributed by atoms with Crippen molar-refractivity contribution in [2.24, 2.45) is 0 Å². The Kier molecular flexibility index (Phi) is 5.16. The third-order valence-corrected chi connectivity index (χ3v) is 4.63. The predicted molar refractivity (Wildman–Crippen MR) is 103 cm³/mol. The molecular weight excluding hydrogens is 384 g/mol. The van der Waals surface area contributed by atoms with Crippen molar-refractivity contribution >= 4 is 28.3 Å². The minimum absolute atomic E-state index is 0.0382. The molecule has 1 N–H and O–H groups in total. The van der Waals surface area contributed by atoms with Crippen LogP contribution in [0.4, 0.5) is 0 Å². The monoisotopic (exact) mass is 400 g/mol. The first-order valence-corrected chi connectivity index (χ1v) is 9.19. The van der Waals surface area contributed by atoms with Gasteiger partial charge in [-0.15, -0.1) is 0 Å². The minimum atomic E-state index is -0.465. The summed E-state index contributed by atoms with van der Waals surface area (Å²) in [6.45, 7) is 1.12. The molecule has 7 nitrogen and oxygen atoms in total. The van der Waals surface area contributed by atoms with E-state index in [-0.39, 0.29) is 18.6 Å². The van der Waals surface area contributed by atoms with E-state index >= 15 is 0 Å². The van der Waals surface area contributed by atoms with Crippen molar-refractivity contribution in [1.82, 2.24) is 10.2 Å². The number of aromatic nitrogens is 2. The van der Waals surface area contributed by atoms with Crippen LogP contribution in [0.25, 0.3) is 10.8 Å². The van der Waals surface area contributed by atoms with Crippen molar-refractivity contribution in [2.45, 2.75) is 19.4 Å². The number of H-pyrrole nitrogens is 1. The zero-order valence-electron chi connectivity index (χ0n) is 14.9. The number of nitrogens with zero attached hydrogens (tertiary/aromatic N) is 1. The smallest absolute Gasteiger partial charge is 0.312 e. The highest BCUT2D eigenvalue weighted by Gasteiger charge is 2.17. The summed E-state index contributed by atoms with van der Waals surface area (Å²) in [5.41, 5.74) is 0.855. The number of esters is 1. The lowest BCUT2D eigenvalue weighted by molar-refractivity contribution is -0.144. The second kappa shape index (κ2) is 7.90. The van der Waals surface area contributed by atoms with Crippen LogP contribution in [0.3, 0.4) is 0 Å². The Balaban J connectivity index is 1.47. The van der Waals surface area contributed by atoms with Gasteiger partial charge in [-0.25, -0.2) is 5.10 Å². The molecule has 8 heteroatoms. The molecule has 1 aliphatic rings. The molecule has 0 atom stereocenters. The number of rotatable bonds is 4. The summed E-state index contributed by atoms with van der Waals surface area (Å²) in [5, 5.41) is 7.92. The Morgan fingerprint density at radius 2 is 1.96 bits per heavy atom. The molecule has 0 spiro atoms. The Morgan fingerprint density at radius 3 is 2.82 bits per heavy atom. The fourth-order valence-corrected chi connectivity index (χ4v) is 3.31. The molecule has 0 saturated heterocycles. The predicted octanol–water partition coefficient (Wildman–Crippen LogP) is 3.02. The van der Waals surface area contributed by atoms with Gasteiger partial charge in [-0.05, 0) is 23.8 Å². The first-order valence-electron chi connectivity index (χ1n) is 8.82. The molecule has 0 bridgehead atoms. The largest absolute Gasteiger partial charge is 0.489 e. The SMILES string of the molecule is O=C(Cc1n[nH]c(=O)c2ccccc12)OCc1cc(Cl)c2c(c1)OCCCO2. The van der Waals surface area contributed by atoms with Crippen LogP contribution < -0.4 is 15.0 Å². The number of carbonyl (C=O) groups excluding carboxylic acids is 1. The topological polar surface area (TPSA) is 90.5 Å². The van der Waals surface area contributed by atoms with Crippen LogP contribution in [0.1, 0.15) is 17.7 Å². The summed E-state index contributed by atoms with van der Waals surface area (Å²) in [6.07, 6.45) is 0.713. The molecule has 0 saturated carbocycles. The summed E-state index contributed by atoms with van der Waals surface area (Å²) < 4.78 is 16.6. The highest BCUT2D eigenvalue weighted by Crippen LogP contribution is 2.38. The number of carbonyl (C=O) groups is 1. The number of halogens is 1. The molecule has 3 aromatic rings. The van der Waals surface area contributed by atoms with Crippen molar-refractivity contribution in [3.63, 3.8) is 0 Å². The van der Waals surface area contributed by atoms with Crippen molar-refractivity contribution in [3.8, 4) is 11.5 Å². The van der Waals surface area contributed by atoms with Gasteiger partial charge in [0.2, 0.25) is 0 Å². The summed E-state index contributed by atoms with van der Waals surface area (Å²) in [6, 6.07) is 10.4. The Labute approximate surface area is 165 Å². The maximum absolute atomic E-state index is 12.3. The molecule has 2 aromatic carbocycles. The van der Waals surface area contributed by atoms with Gasteiger partial charge >= 0.3 is 5.97 Å². The van der Waals surface area contributed by atoms with E-state index in [0.717, 1.165) is 6.42 Å². The molecule has 2 heterocycles. The van der Waals surface area contributed by atoms with E-state index in [0.29, 0.717) is 51.8 Å². The molecule has 4 rings (SSSR count). The van der Waals surface area contributed by atoms with Crippen LogP contribution in [0.5, 0.6) is 11.5 Å². The van der Waals surface area contributed by atoms with Crippen molar-refractivity contribution in [3.05, 3.63) is 63.0 Å². The van der Waals surface area contributed by atoms with E-state index in [4.69, 9.17) is 25.8 Å². The zero-order valence-corrected chi connectivity index (χ0v) is 15.6. The summed E-state index contributed by atoms with van der Waals surface area (Å²) in [5.74, 6) is 0.593. The fraction of sp³-hybridized carbons (Fsp3) is 0.250. The third kappa shape index (κ3) is 3.80. The molecular formula is C20H17ClN2O5. The van der Waals surface area contributed by atoms with Gasteiger partial charge in [0.05, 0.1) is 35.7 Å². The van der Waals surface area contributed by atoms with Crippen molar-refractivity contribution < 1.29 is 19.0 Å². The maximum Gasteiger partial charge on any atom is 0.312 e. The average Bonchev–Trinajstić information content (AvgIpc) is 2.95. The minimum Gasteiger partial charge on any atom is -0.489 e. The van der Waals surface area contributed by atoms with Gasteiger partial charge in [-0.1, -0.05) is 29.8 Å². The Morgan fingerprint density at radius 1 is 1.18 bits per heavy atom. The highest BCUT2D eigenvalue weighted by molar-refractivity contribution is 6.32. The van der Waals surface area contributed by atoms with Crippen LogP contribution >= 0.6 is 11.6 Å². The Hall–Kier alpha value is -3.06. The lowest BCUT2D eigenvalue weighted by atomic mass is 10.1. The van der Waals surface area contributed by atoms with Crippen LogP contribution in [0.15, 0.2) is 41.2 Å². The number of aromatic amines is 1. The van der Waals surface area contributed by atoms with Gasteiger partial charge < -0.3 is 14.2 Å². The molecule has 1 aromatic heterocycles. The van der Waals surface area contributed by atoms with Gasteiger partial charge in [0.15, 0.2) is 11.5 Å². The number of hydrogen-bond donors (Lipinski definition) is 1. The molecule has 0 aliphatic carbocycles. The zero-order chi connectivity index (χ0) is 19.5. The molecule has 0 amide bonds. The summed E-state index contributed by atoms with van der Waals surface area (Å²) in [7, 11) is 0. The van der Waals surface area contributed by atoms with E-state index in [9.17, 15) is 9.59 Å². The lowest BCUT2D eigenvalue weighted by Gasteiger charge is -2.12. The van der Waals surface area contributed by atoms with E-state index in [2.05, 4.69) is 10.2 Å². The fourth-order valence-electron chi connectivity index (χ4n) is 3.03. The number of hydrogen-bond acceptors (Lipinski definition) is 6. The number of ether oxygens (including phenoxy) is 3. The van der Waals surface area contributed by atoms with E-state index in [1.807, 2.05) is 0 Å². The molecule has 144 valence electrons. The average molecular weight is 401 g/mol. The molecule has 28 heavy (non-hydrogen) atoms. The normalized spacial score (nSPS) is 13.2. The second-order valence-corrected chi connectivity index (χ2v) is 6.75. The van der Waals surface area contributed by atoms with E-state index < -0.39 is 5.97 Å². The van der Waals surface area contributed by atoms with Gasteiger partial charge in [-0.3, -0.25) is 9.59 Å². The standard InChI is InChI=1S/C20H17ClN2O5/c21-15-8-12(9-17-19(15)27-7-3-6-26-17)11-28-18(24)10-16-13-4-1-2-5-14(13)20(25)23-22-16/h1-2,4-5,8-9H,3,6-7,10-11H2,(H,23,25). The van der Waals surface area contributed by atoms with Gasteiger partial charge in [-0.2, -0.15) is 5.10 Å². The van der Waals surface area contributed by atoms with Gasteiger partial charge in [0.1, 0.15) is 6.61 Å². The van der Waals surface area contributed by atoms with Crippen LogP contribution in [0.2, 0.25) is 5.02 Å². The van der Waals surface area contributed by atoms with Gasteiger partial charge in [0.25, 0.3) is 5.56 Å². The number of benzene rings is 2.